The van der Waals surface area contributed by atoms with Crippen molar-refractivity contribution in [2.24, 2.45) is 0 Å². The van der Waals surface area contributed by atoms with E-state index in [1.54, 1.807) is 19.9 Å². The maximum absolute atomic E-state index is 12.2. The summed E-state index contributed by atoms with van der Waals surface area (Å²) in [6.07, 6.45) is 1.31. The Labute approximate surface area is 122 Å². The lowest BCUT2D eigenvalue weighted by Gasteiger charge is -2.08. The van der Waals surface area contributed by atoms with Crippen LogP contribution in [-0.4, -0.2) is 14.3 Å². The molecule has 2 aromatic rings. The molecule has 0 bridgehead atoms. The number of nitriles is 1. The lowest BCUT2D eigenvalue weighted by molar-refractivity contribution is 0.0953. The Morgan fingerprint density at radius 2 is 1.95 bits per heavy atom. The molecule has 2 rings (SSSR count). The number of sulfonamides is 1. The quantitative estimate of drug-likeness (QED) is 0.933. The van der Waals surface area contributed by atoms with E-state index < -0.39 is 15.9 Å². The van der Waals surface area contributed by atoms with E-state index in [4.69, 9.17) is 9.68 Å². The van der Waals surface area contributed by atoms with Crippen LogP contribution in [0, 0.1) is 25.2 Å². The van der Waals surface area contributed by atoms with Crippen LogP contribution < -0.4 is 4.72 Å². The molecule has 1 aromatic carbocycles. The fraction of sp³-hybridized carbons (Fsp3) is 0.143. The summed E-state index contributed by atoms with van der Waals surface area (Å²) in [6.45, 7) is 3.19. The van der Waals surface area contributed by atoms with Crippen molar-refractivity contribution < 1.29 is 17.6 Å². The standard InChI is InChI=1S/C14H12N2O4S/c1-9-5-6-20-13(9)14(17)16-21(18,19)12-4-3-11(8-15)7-10(12)2/h3-7H,1-2H3,(H,16,17). The first-order valence-corrected chi connectivity index (χ1v) is 7.45. The van der Waals surface area contributed by atoms with E-state index in [1.807, 2.05) is 10.8 Å². The lowest BCUT2D eigenvalue weighted by atomic mass is 10.2. The van der Waals surface area contributed by atoms with Gasteiger partial charge in [-0.1, -0.05) is 0 Å². The Kier molecular flexibility index (Phi) is 3.82. The number of carbonyl (C=O) groups excluding carboxylic acids is 1. The molecule has 1 aromatic heterocycles. The summed E-state index contributed by atoms with van der Waals surface area (Å²) in [6, 6.07) is 7.59. The zero-order valence-corrected chi connectivity index (χ0v) is 12.2. The highest BCUT2D eigenvalue weighted by atomic mass is 32.2. The van der Waals surface area contributed by atoms with E-state index in [9.17, 15) is 13.2 Å². The monoisotopic (exact) mass is 304 g/mol. The second kappa shape index (κ2) is 5.42. The van der Waals surface area contributed by atoms with Gasteiger partial charge in [0, 0.05) is 5.56 Å². The highest BCUT2D eigenvalue weighted by Crippen LogP contribution is 2.17. The Morgan fingerprint density at radius 1 is 1.24 bits per heavy atom. The van der Waals surface area contributed by atoms with Crippen LogP contribution in [0.15, 0.2) is 39.8 Å². The van der Waals surface area contributed by atoms with Crippen molar-refractivity contribution >= 4 is 15.9 Å². The molecule has 0 saturated heterocycles. The van der Waals surface area contributed by atoms with Crippen LogP contribution >= 0.6 is 0 Å². The Hall–Kier alpha value is -2.59. The highest BCUT2D eigenvalue weighted by molar-refractivity contribution is 7.90. The summed E-state index contributed by atoms with van der Waals surface area (Å²) < 4.78 is 31.3. The van der Waals surface area contributed by atoms with Crippen LogP contribution in [0.4, 0.5) is 0 Å². The maximum atomic E-state index is 12.2. The predicted octanol–water partition coefficient (Wildman–Crippen LogP) is 1.89. The van der Waals surface area contributed by atoms with Crippen LogP contribution in [0.2, 0.25) is 0 Å². The molecule has 21 heavy (non-hydrogen) atoms. The number of benzene rings is 1. The molecule has 6 nitrogen and oxygen atoms in total. The van der Waals surface area contributed by atoms with E-state index in [1.165, 1.54) is 24.5 Å². The van der Waals surface area contributed by atoms with Crippen molar-refractivity contribution in [3.63, 3.8) is 0 Å². The predicted molar refractivity (Wildman–Crippen MR) is 74.0 cm³/mol. The van der Waals surface area contributed by atoms with Crippen LogP contribution in [0.3, 0.4) is 0 Å². The molecule has 0 aliphatic rings. The Morgan fingerprint density at radius 3 is 2.48 bits per heavy atom. The highest BCUT2D eigenvalue weighted by Gasteiger charge is 2.23. The SMILES string of the molecule is Cc1cc(C#N)ccc1S(=O)(=O)NC(=O)c1occc1C. The molecular formula is C14H12N2O4S. The summed E-state index contributed by atoms with van der Waals surface area (Å²) in [7, 11) is -4.03. The van der Waals surface area contributed by atoms with E-state index in [-0.39, 0.29) is 10.7 Å². The smallest absolute Gasteiger partial charge is 0.300 e. The van der Waals surface area contributed by atoms with E-state index in [2.05, 4.69) is 0 Å². The second-order valence-electron chi connectivity index (χ2n) is 4.46. The number of aryl methyl sites for hydroxylation is 2. The van der Waals surface area contributed by atoms with Gasteiger partial charge >= 0.3 is 5.91 Å². The molecule has 108 valence electrons. The number of hydrogen-bond acceptors (Lipinski definition) is 5. The third-order valence-electron chi connectivity index (χ3n) is 2.89. The Balaban J connectivity index is 2.34. The van der Waals surface area contributed by atoms with Gasteiger partial charge in [0.1, 0.15) is 0 Å². The summed E-state index contributed by atoms with van der Waals surface area (Å²) in [5.41, 5.74) is 1.27. The van der Waals surface area contributed by atoms with E-state index >= 15 is 0 Å². The summed E-state index contributed by atoms with van der Waals surface area (Å²) in [4.78, 5) is 11.9. The van der Waals surface area contributed by atoms with Gasteiger partial charge in [-0.2, -0.15) is 5.26 Å². The number of carbonyl (C=O) groups is 1. The molecule has 0 spiro atoms. The molecule has 1 heterocycles. The van der Waals surface area contributed by atoms with Crippen molar-refractivity contribution in [2.45, 2.75) is 18.7 Å². The molecule has 0 atom stereocenters. The van der Waals surface area contributed by atoms with E-state index in [0.717, 1.165) is 0 Å². The van der Waals surface area contributed by atoms with Crippen LogP contribution in [0.25, 0.3) is 0 Å². The van der Waals surface area contributed by atoms with Crippen LogP contribution in [0.5, 0.6) is 0 Å². The largest absolute Gasteiger partial charge is 0.459 e. The van der Waals surface area contributed by atoms with Gasteiger partial charge in [0.15, 0.2) is 5.76 Å². The fourth-order valence-electron chi connectivity index (χ4n) is 1.85. The molecule has 0 aliphatic heterocycles. The number of amides is 1. The molecular weight excluding hydrogens is 292 g/mol. The first-order chi connectivity index (χ1) is 9.85. The zero-order chi connectivity index (χ0) is 15.6. The first-order valence-electron chi connectivity index (χ1n) is 5.97. The number of nitrogens with zero attached hydrogens (tertiary/aromatic N) is 1. The normalized spacial score (nSPS) is 10.9. The number of furan rings is 1. The second-order valence-corrected chi connectivity index (χ2v) is 6.11. The van der Waals surface area contributed by atoms with Crippen molar-refractivity contribution in [3.05, 3.63) is 53.0 Å². The molecule has 0 saturated carbocycles. The number of nitrogens with one attached hydrogen (secondary N) is 1. The van der Waals surface area contributed by atoms with Crippen molar-refractivity contribution in [3.8, 4) is 6.07 Å². The minimum Gasteiger partial charge on any atom is -0.459 e. The molecule has 0 aliphatic carbocycles. The Bertz CT molecular complexity index is 844. The molecule has 0 unspecified atom stereocenters. The molecule has 1 N–H and O–H groups in total. The van der Waals surface area contributed by atoms with Crippen molar-refractivity contribution in [2.75, 3.05) is 0 Å². The van der Waals surface area contributed by atoms with Gasteiger partial charge in [0.25, 0.3) is 10.0 Å². The van der Waals surface area contributed by atoms with Gasteiger partial charge in [-0.15, -0.1) is 0 Å². The van der Waals surface area contributed by atoms with Gasteiger partial charge in [0.05, 0.1) is 22.8 Å². The zero-order valence-electron chi connectivity index (χ0n) is 11.4. The van der Waals surface area contributed by atoms with Crippen LogP contribution in [0.1, 0.15) is 27.2 Å². The van der Waals surface area contributed by atoms with Gasteiger partial charge in [-0.25, -0.2) is 13.1 Å². The third-order valence-corrected chi connectivity index (χ3v) is 4.38. The summed E-state index contributed by atoms with van der Waals surface area (Å²) >= 11 is 0. The number of rotatable bonds is 3. The topological polar surface area (TPSA) is 100 Å². The van der Waals surface area contributed by atoms with Gasteiger partial charge < -0.3 is 4.42 Å². The third kappa shape index (κ3) is 2.95. The minimum atomic E-state index is -4.03. The molecule has 0 fully saturated rings. The number of hydrogen-bond donors (Lipinski definition) is 1. The van der Waals surface area contributed by atoms with Crippen molar-refractivity contribution in [1.29, 1.82) is 5.26 Å². The van der Waals surface area contributed by atoms with E-state index in [0.29, 0.717) is 16.7 Å². The maximum Gasteiger partial charge on any atom is 0.300 e. The van der Waals surface area contributed by atoms with Gasteiger partial charge in [-0.3, -0.25) is 4.79 Å². The minimum absolute atomic E-state index is 0.0510. The first kappa shape index (κ1) is 14.8. The average molecular weight is 304 g/mol. The summed E-state index contributed by atoms with van der Waals surface area (Å²) in [5.74, 6) is -0.883. The van der Waals surface area contributed by atoms with Gasteiger partial charge in [-0.05, 0) is 43.7 Å². The molecule has 7 heteroatoms. The summed E-state index contributed by atoms with van der Waals surface area (Å²) in [5, 5.41) is 8.78. The van der Waals surface area contributed by atoms with Gasteiger partial charge in [0.2, 0.25) is 0 Å². The molecule has 1 amide bonds. The van der Waals surface area contributed by atoms with Crippen LogP contribution in [-0.2, 0) is 10.0 Å². The fourth-order valence-corrected chi connectivity index (χ4v) is 3.03. The average Bonchev–Trinajstić information content (AvgIpc) is 2.84. The van der Waals surface area contributed by atoms with Crippen molar-refractivity contribution in [1.82, 2.24) is 4.72 Å². The molecule has 0 radical (unpaired) electrons. The lowest BCUT2D eigenvalue weighted by Crippen LogP contribution is -2.31.